The molecule has 1 fully saturated rings. The largest absolute Gasteiger partial charge is 0.416 e. The quantitative estimate of drug-likeness (QED) is 0.194. The summed E-state index contributed by atoms with van der Waals surface area (Å²) in [5.74, 6) is -2.05. The van der Waals surface area contributed by atoms with Crippen LogP contribution >= 0.6 is 0 Å². The van der Waals surface area contributed by atoms with E-state index in [1.165, 1.54) is 30.3 Å². The van der Waals surface area contributed by atoms with Crippen molar-refractivity contribution in [2.45, 2.75) is 42.2 Å². The molecule has 4 aromatic carbocycles. The van der Waals surface area contributed by atoms with Crippen LogP contribution in [-0.2, 0) is 24.7 Å². The number of hydrogen-bond acceptors (Lipinski definition) is 4. The highest BCUT2D eigenvalue weighted by molar-refractivity contribution is 6.78. The Morgan fingerprint density at radius 2 is 0.941 bits per heavy atom. The fourth-order valence-corrected chi connectivity index (χ4v) is 7.10. The van der Waals surface area contributed by atoms with Crippen molar-refractivity contribution in [3.8, 4) is 22.3 Å². The molecule has 16 heteroatoms. The summed E-state index contributed by atoms with van der Waals surface area (Å²) in [4.78, 5) is 36.4. The van der Waals surface area contributed by atoms with E-state index in [4.69, 9.17) is 0 Å². The van der Waals surface area contributed by atoms with Crippen LogP contribution in [0.3, 0.4) is 0 Å². The maximum Gasteiger partial charge on any atom is 0.416 e. The number of ketones is 2. The molecule has 0 bridgehead atoms. The second-order valence-corrected chi connectivity index (χ2v) is 12.5. The van der Waals surface area contributed by atoms with Crippen LogP contribution in [0.4, 0.5) is 52.7 Å². The maximum atomic E-state index is 13.9. The summed E-state index contributed by atoms with van der Waals surface area (Å²) < 4.78 is 162. The zero-order chi connectivity index (χ0) is 36.8. The Balaban J connectivity index is 1.17. The molecule has 3 atom stereocenters. The molecule has 8 rings (SSSR count). The van der Waals surface area contributed by atoms with E-state index in [2.05, 4.69) is 9.98 Å². The van der Waals surface area contributed by atoms with E-state index in [9.17, 15) is 62.3 Å². The second kappa shape index (κ2) is 9.94. The van der Waals surface area contributed by atoms with Crippen LogP contribution in [0.15, 0.2) is 82.8 Å². The molecule has 0 aromatic heterocycles. The molecule has 1 saturated carbocycles. The first-order valence-corrected chi connectivity index (χ1v) is 14.7. The lowest BCUT2D eigenvalue weighted by molar-refractivity contribution is -0.144. The lowest BCUT2D eigenvalue weighted by Gasteiger charge is -2.16. The van der Waals surface area contributed by atoms with Crippen molar-refractivity contribution < 1.29 is 62.3 Å². The highest BCUT2D eigenvalue weighted by Gasteiger charge is 2.77. The highest BCUT2D eigenvalue weighted by atomic mass is 19.4. The molecule has 0 saturated heterocycles. The van der Waals surface area contributed by atoms with Gasteiger partial charge in [-0.15, -0.1) is 0 Å². The van der Waals surface area contributed by atoms with Crippen molar-refractivity contribution in [1.82, 2.24) is 0 Å². The van der Waals surface area contributed by atoms with Gasteiger partial charge >= 0.3 is 24.7 Å². The molecule has 1 aliphatic heterocycles. The first-order chi connectivity index (χ1) is 23.6. The predicted octanol–water partition coefficient (Wildman–Crippen LogP) is 9.64. The van der Waals surface area contributed by atoms with Gasteiger partial charge in [-0.2, -0.15) is 52.7 Å². The van der Waals surface area contributed by atoms with Gasteiger partial charge in [-0.25, -0.2) is 0 Å². The Morgan fingerprint density at radius 3 is 1.41 bits per heavy atom. The first-order valence-electron chi connectivity index (χ1n) is 14.7. The number of carbonyl (C=O) groups excluding carboxylic acids is 2. The molecule has 0 N–H and O–H groups in total. The van der Waals surface area contributed by atoms with Crippen LogP contribution in [0.5, 0.6) is 0 Å². The molecule has 3 aliphatic carbocycles. The monoisotopic (exact) mass is 722 g/mol. The van der Waals surface area contributed by atoms with Gasteiger partial charge in [0.2, 0.25) is 5.78 Å². The Hall–Kier alpha value is -5.28. The fourth-order valence-electron chi connectivity index (χ4n) is 7.10. The normalized spacial score (nSPS) is 22.1. The topological polar surface area (TPSA) is 58.9 Å². The average molecular weight is 722 g/mol. The van der Waals surface area contributed by atoms with Gasteiger partial charge in [0.25, 0.3) is 0 Å². The van der Waals surface area contributed by atoms with Crippen LogP contribution in [0, 0.1) is 0 Å². The smallest absolute Gasteiger partial charge is 0.291 e. The molecule has 4 aromatic rings. The summed E-state index contributed by atoms with van der Waals surface area (Å²) >= 11 is 0. The zero-order valence-electron chi connectivity index (χ0n) is 24.8. The van der Waals surface area contributed by atoms with E-state index in [0.717, 1.165) is 6.07 Å². The molecule has 4 nitrogen and oxygen atoms in total. The Bertz CT molecular complexity index is 2260. The summed E-state index contributed by atoms with van der Waals surface area (Å²) in [6, 6.07) is 8.60. The summed E-state index contributed by atoms with van der Waals surface area (Å²) in [7, 11) is 0. The minimum atomic E-state index is -5.11. The van der Waals surface area contributed by atoms with E-state index in [-0.39, 0.29) is 51.4 Å². The standard InChI is InChI=1S/C35H14F12N2O2/c36-32(37,38)17-5-15(6-18(11-17)33(39,40)41)13-2-4-22-23(9-13)28(50)27-26(22)49-31-25(29(31)48-27)21-3-1-14(10-24(21)30(31)51)16-7-19(34(42,43)44)12-20(8-16)35(45,46)47/h1-12,25,29H. The number of halogens is 12. The third-order valence-corrected chi connectivity index (χ3v) is 9.49. The van der Waals surface area contributed by atoms with E-state index in [1.54, 1.807) is 0 Å². The summed E-state index contributed by atoms with van der Waals surface area (Å²) in [6.45, 7) is 0. The number of hydrogen-bond donors (Lipinski definition) is 0. The van der Waals surface area contributed by atoms with Gasteiger partial charge in [0.1, 0.15) is 5.71 Å². The van der Waals surface area contributed by atoms with E-state index < -0.39 is 87.2 Å². The Kier molecular flexibility index (Phi) is 6.41. The Labute approximate surface area is 277 Å². The van der Waals surface area contributed by atoms with Gasteiger partial charge < -0.3 is 0 Å². The van der Waals surface area contributed by atoms with Crippen LogP contribution < -0.4 is 0 Å². The van der Waals surface area contributed by atoms with E-state index >= 15 is 0 Å². The molecule has 51 heavy (non-hydrogen) atoms. The number of fused-ring (bicyclic) bond motifs is 6. The predicted molar refractivity (Wildman–Crippen MR) is 156 cm³/mol. The number of rotatable bonds is 2. The summed E-state index contributed by atoms with van der Waals surface area (Å²) in [6.07, 6.45) is -20.4. The number of Topliss-reactive ketones (excluding diaryl/α,β-unsaturated/α-hetero) is 2. The van der Waals surface area contributed by atoms with Gasteiger partial charge in [0.05, 0.1) is 34.0 Å². The van der Waals surface area contributed by atoms with Crippen LogP contribution in [0.1, 0.15) is 60.0 Å². The minimum absolute atomic E-state index is 0.00682. The van der Waals surface area contributed by atoms with Gasteiger partial charge in [-0.1, -0.05) is 24.3 Å². The lowest BCUT2D eigenvalue weighted by Crippen LogP contribution is -2.32. The molecular formula is C35H14F12N2O2. The molecule has 0 amide bonds. The number of carbonyl (C=O) groups is 2. The Morgan fingerprint density at radius 1 is 0.490 bits per heavy atom. The molecule has 1 spiro atoms. The molecule has 4 aliphatic rings. The van der Waals surface area contributed by atoms with Gasteiger partial charge in [0, 0.05) is 22.6 Å². The van der Waals surface area contributed by atoms with Crippen molar-refractivity contribution >= 4 is 23.0 Å². The molecular weight excluding hydrogens is 708 g/mol. The molecule has 1 heterocycles. The lowest BCUT2D eigenvalue weighted by atomic mass is 9.94. The van der Waals surface area contributed by atoms with Crippen molar-refractivity contribution in [2.75, 3.05) is 0 Å². The third kappa shape index (κ3) is 4.85. The fraction of sp³-hybridized carbons (Fsp3) is 0.200. The zero-order valence-corrected chi connectivity index (χ0v) is 24.8. The van der Waals surface area contributed by atoms with Crippen molar-refractivity contribution in [3.63, 3.8) is 0 Å². The number of alkyl halides is 12. The molecule has 3 unspecified atom stereocenters. The van der Waals surface area contributed by atoms with Gasteiger partial charge in [-0.05, 0) is 76.3 Å². The SMILES string of the molecule is O=C1C2=NC3C4c5ccc(-c6cc(C(F)(F)F)cc(C(F)(F)F)c6)cc5C(=O)C34N=C2c2ccc(-c3cc(C(F)(F)F)cc(C(F)(F)F)c3)cc21. The van der Waals surface area contributed by atoms with E-state index in [1.807, 2.05) is 0 Å². The third-order valence-electron chi connectivity index (χ3n) is 9.49. The van der Waals surface area contributed by atoms with Gasteiger partial charge in [0.15, 0.2) is 11.3 Å². The number of nitrogens with zero attached hydrogens (tertiary/aromatic N) is 2. The minimum Gasteiger partial charge on any atom is -0.291 e. The highest BCUT2D eigenvalue weighted by Crippen LogP contribution is 2.65. The van der Waals surface area contributed by atoms with Crippen molar-refractivity contribution in [2.24, 2.45) is 9.98 Å². The summed E-state index contributed by atoms with van der Waals surface area (Å²) in [5, 5.41) is 0. The molecule has 260 valence electrons. The summed E-state index contributed by atoms with van der Waals surface area (Å²) in [5.41, 5.74) is -8.72. The van der Waals surface area contributed by atoms with Crippen LogP contribution in [0.25, 0.3) is 22.3 Å². The van der Waals surface area contributed by atoms with Crippen molar-refractivity contribution in [1.29, 1.82) is 0 Å². The molecule has 0 radical (unpaired) electrons. The van der Waals surface area contributed by atoms with Crippen LogP contribution in [0.2, 0.25) is 0 Å². The first kappa shape index (κ1) is 32.9. The number of benzene rings is 4. The second-order valence-electron chi connectivity index (χ2n) is 12.5. The van der Waals surface area contributed by atoms with Gasteiger partial charge in [-0.3, -0.25) is 19.6 Å². The number of aliphatic imine (C=N–C) groups is 2. The van der Waals surface area contributed by atoms with Crippen molar-refractivity contribution in [3.05, 3.63) is 117 Å². The van der Waals surface area contributed by atoms with E-state index in [0.29, 0.717) is 29.8 Å². The van der Waals surface area contributed by atoms with Crippen LogP contribution in [-0.4, -0.2) is 34.6 Å². The maximum absolute atomic E-state index is 13.9. The average Bonchev–Trinajstić information content (AvgIpc) is 3.55.